The van der Waals surface area contributed by atoms with E-state index in [-0.39, 0.29) is 18.6 Å². The SMILES string of the molecule is O=C(C1CNCCO1)N1CCCC(CCO)C1. The molecule has 0 radical (unpaired) electrons. The standard InChI is InChI=1S/C12H22N2O3/c15-6-3-10-2-1-5-14(9-10)12(16)11-8-13-4-7-17-11/h10-11,13,15H,1-9H2. The molecule has 0 aliphatic carbocycles. The highest BCUT2D eigenvalue weighted by Crippen LogP contribution is 2.20. The normalized spacial score (nSPS) is 30.3. The van der Waals surface area contributed by atoms with Crippen molar-refractivity contribution in [3.05, 3.63) is 0 Å². The van der Waals surface area contributed by atoms with Crippen LogP contribution in [0.1, 0.15) is 19.3 Å². The third-order valence-corrected chi connectivity index (χ3v) is 3.57. The fraction of sp³-hybridized carbons (Fsp3) is 0.917. The van der Waals surface area contributed by atoms with Crippen LogP contribution in [0.4, 0.5) is 0 Å². The molecule has 17 heavy (non-hydrogen) atoms. The van der Waals surface area contributed by atoms with E-state index in [1.807, 2.05) is 4.90 Å². The third kappa shape index (κ3) is 3.40. The monoisotopic (exact) mass is 242 g/mol. The van der Waals surface area contributed by atoms with Crippen molar-refractivity contribution in [2.75, 3.05) is 39.4 Å². The minimum Gasteiger partial charge on any atom is -0.396 e. The zero-order valence-corrected chi connectivity index (χ0v) is 10.2. The lowest BCUT2D eigenvalue weighted by atomic mass is 9.95. The van der Waals surface area contributed by atoms with E-state index in [9.17, 15) is 4.79 Å². The fourth-order valence-corrected chi connectivity index (χ4v) is 2.61. The Balaban J connectivity index is 1.85. The van der Waals surface area contributed by atoms with Crippen molar-refractivity contribution in [3.63, 3.8) is 0 Å². The summed E-state index contributed by atoms with van der Waals surface area (Å²) in [6.07, 6.45) is 2.65. The number of carbonyl (C=O) groups excluding carboxylic acids is 1. The number of aliphatic hydroxyl groups is 1. The van der Waals surface area contributed by atoms with Gasteiger partial charge in [-0.05, 0) is 25.2 Å². The summed E-state index contributed by atoms with van der Waals surface area (Å²) >= 11 is 0. The number of nitrogens with one attached hydrogen (secondary N) is 1. The van der Waals surface area contributed by atoms with Crippen LogP contribution in [0.25, 0.3) is 0 Å². The zero-order valence-electron chi connectivity index (χ0n) is 10.2. The highest BCUT2D eigenvalue weighted by Gasteiger charge is 2.30. The number of aliphatic hydroxyl groups excluding tert-OH is 1. The first-order valence-electron chi connectivity index (χ1n) is 6.53. The average Bonchev–Trinajstić information content (AvgIpc) is 2.40. The second-order valence-electron chi connectivity index (χ2n) is 4.87. The van der Waals surface area contributed by atoms with E-state index in [1.54, 1.807) is 0 Å². The number of amides is 1. The molecule has 2 atom stereocenters. The molecule has 5 heteroatoms. The number of morpholine rings is 1. The smallest absolute Gasteiger partial charge is 0.253 e. The summed E-state index contributed by atoms with van der Waals surface area (Å²) in [5.41, 5.74) is 0. The molecular weight excluding hydrogens is 220 g/mol. The summed E-state index contributed by atoms with van der Waals surface area (Å²) in [7, 11) is 0. The van der Waals surface area contributed by atoms with E-state index in [0.29, 0.717) is 19.1 Å². The van der Waals surface area contributed by atoms with Gasteiger partial charge in [0.05, 0.1) is 6.61 Å². The van der Waals surface area contributed by atoms with Gasteiger partial charge in [0.2, 0.25) is 0 Å². The summed E-state index contributed by atoms with van der Waals surface area (Å²) in [6, 6.07) is 0. The third-order valence-electron chi connectivity index (χ3n) is 3.57. The Bertz CT molecular complexity index is 252. The Morgan fingerprint density at radius 1 is 1.53 bits per heavy atom. The molecule has 0 saturated carbocycles. The van der Waals surface area contributed by atoms with Gasteiger partial charge in [0.25, 0.3) is 5.91 Å². The van der Waals surface area contributed by atoms with Crippen LogP contribution in [0.2, 0.25) is 0 Å². The maximum atomic E-state index is 12.2. The Morgan fingerprint density at radius 2 is 2.41 bits per heavy atom. The van der Waals surface area contributed by atoms with E-state index in [4.69, 9.17) is 9.84 Å². The van der Waals surface area contributed by atoms with Gasteiger partial charge in [0.1, 0.15) is 6.10 Å². The summed E-state index contributed by atoms with van der Waals surface area (Å²) < 4.78 is 5.49. The highest BCUT2D eigenvalue weighted by molar-refractivity contribution is 5.81. The van der Waals surface area contributed by atoms with Gasteiger partial charge in [-0.1, -0.05) is 0 Å². The molecule has 2 saturated heterocycles. The molecule has 2 heterocycles. The minimum atomic E-state index is -0.309. The number of carbonyl (C=O) groups is 1. The molecule has 0 aromatic rings. The van der Waals surface area contributed by atoms with Gasteiger partial charge < -0.3 is 20.1 Å². The van der Waals surface area contributed by atoms with Crippen molar-refractivity contribution in [1.82, 2.24) is 10.2 Å². The van der Waals surface area contributed by atoms with Gasteiger partial charge in [0, 0.05) is 32.8 Å². The number of hydrogen-bond donors (Lipinski definition) is 2. The lowest BCUT2D eigenvalue weighted by Crippen LogP contribution is -2.51. The second-order valence-corrected chi connectivity index (χ2v) is 4.87. The zero-order chi connectivity index (χ0) is 12.1. The van der Waals surface area contributed by atoms with E-state index >= 15 is 0 Å². The number of rotatable bonds is 3. The van der Waals surface area contributed by atoms with Gasteiger partial charge in [-0.2, -0.15) is 0 Å². The van der Waals surface area contributed by atoms with Gasteiger partial charge in [-0.3, -0.25) is 4.79 Å². The summed E-state index contributed by atoms with van der Waals surface area (Å²) in [5.74, 6) is 0.564. The Kier molecular flexibility index (Phi) is 4.76. The van der Waals surface area contributed by atoms with Crippen molar-refractivity contribution in [3.8, 4) is 0 Å². The number of hydrogen-bond acceptors (Lipinski definition) is 4. The van der Waals surface area contributed by atoms with Crippen LogP contribution >= 0.6 is 0 Å². The molecule has 98 valence electrons. The largest absolute Gasteiger partial charge is 0.396 e. The predicted molar refractivity (Wildman–Crippen MR) is 63.6 cm³/mol. The van der Waals surface area contributed by atoms with Crippen molar-refractivity contribution in [2.24, 2.45) is 5.92 Å². The number of ether oxygens (including phenoxy) is 1. The van der Waals surface area contributed by atoms with Crippen LogP contribution in [0.3, 0.4) is 0 Å². The number of nitrogens with zero attached hydrogens (tertiary/aromatic N) is 1. The Labute approximate surface area is 102 Å². The Hall–Kier alpha value is -0.650. The van der Waals surface area contributed by atoms with Gasteiger partial charge in [-0.15, -0.1) is 0 Å². The molecule has 1 amide bonds. The maximum Gasteiger partial charge on any atom is 0.253 e. The van der Waals surface area contributed by atoms with E-state index < -0.39 is 0 Å². The molecule has 2 rings (SSSR count). The quantitative estimate of drug-likeness (QED) is 0.706. The molecule has 2 N–H and O–H groups in total. The molecule has 2 fully saturated rings. The molecule has 2 aliphatic rings. The topological polar surface area (TPSA) is 61.8 Å². The molecule has 0 aromatic carbocycles. The summed E-state index contributed by atoms with van der Waals surface area (Å²) in [5, 5.41) is 12.1. The molecule has 2 aliphatic heterocycles. The molecule has 0 spiro atoms. The summed E-state index contributed by atoms with van der Waals surface area (Å²) in [4.78, 5) is 14.1. The first kappa shape index (κ1) is 12.8. The molecule has 0 aromatic heterocycles. The van der Waals surface area contributed by atoms with Crippen LogP contribution < -0.4 is 5.32 Å². The number of likely N-dealkylation sites (tertiary alicyclic amines) is 1. The fourth-order valence-electron chi connectivity index (χ4n) is 2.61. The first-order valence-corrected chi connectivity index (χ1v) is 6.53. The summed E-state index contributed by atoms with van der Waals surface area (Å²) in [6.45, 7) is 3.90. The van der Waals surface area contributed by atoms with Crippen LogP contribution in [0.15, 0.2) is 0 Å². The van der Waals surface area contributed by atoms with Crippen molar-refractivity contribution >= 4 is 5.91 Å². The van der Waals surface area contributed by atoms with Crippen LogP contribution in [0, 0.1) is 5.92 Å². The molecule has 0 bridgehead atoms. The predicted octanol–water partition coefficient (Wildman–Crippen LogP) is -0.404. The van der Waals surface area contributed by atoms with Crippen LogP contribution in [-0.2, 0) is 9.53 Å². The number of piperidine rings is 1. The Morgan fingerprint density at radius 3 is 3.12 bits per heavy atom. The van der Waals surface area contributed by atoms with Gasteiger partial charge in [0.15, 0.2) is 0 Å². The van der Waals surface area contributed by atoms with E-state index in [1.165, 1.54) is 0 Å². The van der Waals surface area contributed by atoms with E-state index in [0.717, 1.165) is 38.9 Å². The van der Waals surface area contributed by atoms with Crippen molar-refractivity contribution in [2.45, 2.75) is 25.4 Å². The van der Waals surface area contributed by atoms with Gasteiger partial charge in [-0.25, -0.2) is 0 Å². The van der Waals surface area contributed by atoms with Crippen LogP contribution in [-0.4, -0.2) is 61.4 Å². The highest BCUT2D eigenvalue weighted by atomic mass is 16.5. The van der Waals surface area contributed by atoms with Crippen molar-refractivity contribution in [1.29, 1.82) is 0 Å². The first-order chi connectivity index (χ1) is 8.31. The minimum absolute atomic E-state index is 0.111. The maximum absolute atomic E-state index is 12.2. The van der Waals surface area contributed by atoms with E-state index in [2.05, 4.69) is 5.32 Å². The lowest BCUT2D eigenvalue weighted by molar-refractivity contribution is -0.147. The molecule has 5 nitrogen and oxygen atoms in total. The van der Waals surface area contributed by atoms with Gasteiger partial charge >= 0.3 is 0 Å². The molecular formula is C12H22N2O3. The molecule has 2 unspecified atom stereocenters. The second kappa shape index (κ2) is 6.33. The lowest BCUT2D eigenvalue weighted by Gasteiger charge is -2.35. The average molecular weight is 242 g/mol. The van der Waals surface area contributed by atoms with Crippen LogP contribution in [0.5, 0.6) is 0 Å². The van der Waals surface area contributed by atoms with Crippen molar-refractivity contribution < 1.29 is 14.6 Å².